The molecule has 0 radical (unpaired) electrons. The van der Waals surface area contributed by atoms with Gasteiger partial charge in [-0.05, 0) is 54.1 Å². The van der Waals surface area contributed by atoms with Gasteiger partial charge in [-0.3, -0.25) is 4.57 Å². The van der Waals surface area contributed by atoms with Crippen molar-refractivity contribution >= 4 is 21.5 Å². The highest BCUT2D eigenvalue weighted by Crippen LogP contribution is 2.38. The average Bonchev–Trinajstić information content (AvgIpc) is 3.28. The smallest absolute Gasteiger partial charge is 0.240 e. The number of sulfonamides is 1. The van der Waals surface area contributed by atoms with Crippen LogP contribution in [-0.4, -0.2) is 28.2 Å². The maximum absolute atomic E-state index is 13.1. The summed E-state index contributed by atoms with van der Waals surface area (Å²) < 4.78 is 42.7. The van der Waals surface area contributed by atoms with Crippen molar-refractivity contribution in [2.24, 2.45) is 0 Å². The predicted molar refractivity (Wildman–Crippen MR) is 134 cm³/mol. The number of para-hydroxylation sites is 1. The lowest BCUT2D eigenvalue weighted by atomic mass is 10.1. The van der Waals surface area contributed by atoms with Crippen LogP contribution in [0.5, 0.6) is 0 Å². The molecule has 1 aliphatic heterocycles. The van der Waals surface area contributed by atoms with Gasteiger partial charge in [0.15, 0.2) is 17.5 Å². The first-order chi connectivity index (χ1) is 17.5. The van der Waals surface area contributed by atoms with E-state index in [9.17, 15) is 12.8 Å². The van der Waals surface area contributed by atoms with Crippen LogP contribution in [0, 0.1) is 5.82 Å². The van der Waals surface area contributed by atoms with Crippen LogP contribution < -0.4 is 10.0 Å². The molecule has 0 aliphatic carbocycles. The fourth-order valence-electron chi connectivity index (χ4n) is 4.11. The van der Waals surface area contributed by atoms with E-state index < -0.39 is 15.8 Å². The summed E-state index contributed by atoms with van der Waals surface area (Å²) in [6, 6.07) is 23.8. The van der Waals surface area contributed by atoms with Crippen molar-refractivity contribution in [2.45, 2.75) is 11.4 Å². The van der Waals surface area contributed by atoms with Crippen molar-refractivity contribution in [3.8, 4) is 28.5 Å². The minimum Gasteiger partial charge on any atom is -0.338 e. The zero-order valence-electron chi connectivity index (χ0n) is 18.8. The van der Waals surface area contributed by atoms with E-state index in [1.807, 2.05) is 65.2 Å². The highest BCUT2D eigenvalue weighted by molar-refractivity contribution is 7.89. The molecule has 3 aromatic carbocycles. The Labute approximate surface area is 206 Å². The van der Waals surface area contributed by atoms with E-state index in [2.05, 4.69) is 25.2 Å². The molecule has 0 spiro atoms. The van der Waals surface area contributed by atoms with Gasteiger partial charge >= 0.3 is 0 Å². The number of nitrogens with zero attached hydrogens (tertiary/aromatic N) is 4. The number of aromatic nitrogens is 4. The highest BCUT2D eigenvalue weighted by Gasteiger charge is 2.25. The van der Waals surface area contributed by atoms with Gasteiger partial charge in [-0.2, -0.15) is 0 Å². The van der Waals surface area contributed by atoms with Crippen LogP contribution in [-0.2, 0) is 16.6 Å². The van der Waals surface area contributed by atoms with Crippen LogP contribution in [0.15, 0.2) is 96.0 Å². The molecule has 0 unspecified atom stereocenters. The molecule has 0 bridgehead atoms. The summed E-state index contributed by atoms with van der Waals surface area (Å²) >= 11 is 0. The standard InChI is InChI=1S/C26H19FN6O2S/c27-19-11-13-20(14-12-19)36(34,35)29-16-17-7-9-18(10-8-17)25-31-32-26-21-4-1-2-5-22(21)30-24-23(33(25)26)6-3-15-28-24/h1-15,29H,16H2,(H,28,30). The first kappa shape index (κ1) is 22.1. The lowest BCUT2D eigenvalue weighted by Gasteiger charge is -2.11. The fourth-order valence-corrected chi connectivity index (χ4v) is 5.13. The molecule has 8 nitrogen and oxygen atoms in total. The Morgan fingerprint density at radius 2 is 1.61 bits per heavy atom. The average molecular weight is 499 g/mol. The zero-order valence-corrected chi connectivity index (χ0v) is 19.6. The van der Waals surface area contributed by atoms with Gasteiger partial charge in [-0.1, -0.05) is 36.4 Å². The maximum atomic E-state index is 13.1. The molecule has 36 heavy (non-hydrogen) atoms. The molecule has 0 amide bonds. The molecule has 6 rings (SSSR count). The number of nitrogens with one attached hydrogen (secondary N) is 2. The van der Waals surface area contributed by atoms with Crippen LogP contribution in [0.2, 0.25) is 0 Å². The number of fused-ring (bicyclic) bond motifs is 5. The summed E-state index contributed by atoms with van der Waals surface area (Å²) in [5.74, 6) is 1.53. The number of halogens is 1. The van der Waals surface area contributed by atoms with Gasteiger partial charge in [0.05, 0.1) is 16.3 Å². The minimum atomic E-state index is -3.76. The Morgan fingerprint density at radius 3 is 2.42 bits per heavy atom. The maximum Gasteiger partial charge on any atom is 0.240 e. The number of hydrogen-bond acceptors (Lipinski definition) is 6. The molecule has 1 aliphatic rings. The van der Waals surface area contributed by atoms with Crippen LogP contribution in [0.25, 0.3) is 28.5 Å². The molecule has 2 N–H and O–H groups in total. The zero-order chi connectivity index (χ0) is 24.7. The molecular weight excluding hydrogens is 479 g/mol. The first-order valence-electron chi connectivity index (χ1n) is 11.1. The third kappa shape index (κ3) is 3.92. The molecule has 10 heteroatoms. The minimum absolute atomic E-state index is 0.00726. The number of pyridine rings is 1. The van der Waals surface area contributed by atoms with E-state index in [1.165, 1.54) is 12.1 Å². The van der Waals surface area contributed by atoms with E-state index in [1.54, 1.807) is 6.20 Å². The Kier molecular flexibility index (Phi) is 5.32. The lowest BCUT2D eigenvalue weighted by Crippen LogP contribution is -2.23. The molecule has 178 valence electrons. The van der Waals surface area contributed by atoms with E-state index in [0.717, 1.165) is 40.2 Å². The number of hydrogen-bond donors (Lipinski definition) is 2. The number of benzene rings is 3. The molecule has 5 aromatic rings. The van der Waals surface area contributed by atoms with Gasteiger partial charge < -0.3 is 5.32 Å². The van der Waals surface area contributed by atoms with Crippen molar-refractivity contribution in [2.75, 3.05) is 5.32 Å². The Hall–Kier alpha value is -4.41. The first-order valence-corrected chi connectivity index (χ1v) is 12.6. The largest absolute Gasteiger partial charge is 0.338 e. The molecule has 2 aromatic heterocycles. The summed E-state index contributed by atoms with van der Waals surface area (Å²) in [4.78, 5) is 4.52. The highest BCUT2D eigenvalue weighted by atomic mass is 32.2. The Morgan fingerprint density at radius 1 is 0.861 bits per heavy atom. The van der Waals surface area contributed by atoms with E-state index in [-0.39, 0.29) is 11.4 Å². The second kappa shape index (κ2) is 8.67. The van der Waals surface area contributed by atoms with Crippen LogP contribution in [0.3, 0.4) is 0 Å². The molecule has 0 fully saturated rings. The van der Waals surface area contributed by atoms with Crippen LogP contribution >= 0.6 is 0 Å². The number of anilines is 2. The van der Waals surface area contributed by atoms with Crippen molar-refractivity contribution < 1.29 is 12.8 Å². The molecule has 0 atom stereocenters. The second-order valence-corrected chi connectivity index (χ2v) is 9.97. The van der Waals surface area contributed by atoms with Gasteiger partial charge in [-0.25, -0.2) is 22.5 Å². The third-order valence-corrected chi connectivity index (χ3v) is 7.33. The summed E-state index contributed by atoms with van der Waals surface area (Å²) in [5.41, 5.74) is 4.18. The molecule has 3 heterocycles. The van der Waals surface area contributed by atoms with Crippen LogP contribution in [0.4, 0.5) is 15.9 Å². The van der Waals surface area contributed by atoms with Gasteiger partial charge in [0.25, 0.3) is 0 Å². The van der Waals surface area contributed by atoms with Crippen molar-refractivity contribution in [3.63, 3.8) is 0 Å². The van der Waals surface area contributed by atoms with E-state index in [4.69, 9.17) is 0 Å². The quantitative estimate of drug-likeness (QED) is 0.358. The van der Waals surface area contributed by atoms with Gasteiger partial charge in [0.1, 0.15) is 5.82 Å². The Balaban J connectivity index is 1.32. The monoisotopic (exact) mass is 498 g/mol. The predicted octanol–water partition coefficient (Wildman–Crippen LogP) is 4.67. The summed E-state index contributed by atoms with van der Waals surface area (Å²) in [5, 5.41) is 12.4. The van der Waals surface area contributed by atoms with Crippen molar-refractivity contribution in [1.82, 2.24) is 24.5 Å². The summed E-state index contributed by atoms with van der Waals surface area (Å²) in [7, 11) is -3.76. The SMILES string of the molecule is O=S(=O)(NCc1ccc(-c2nnc3n2-c2cccnc2Nc2ccccc2-3)cc1)c1ccc(F)cc1. The normalized spacial score (nSPS) is 12.1. The second-order valence-electron chi connectivity index (χ2n) is 8.20. The molecular formula is C26H19FN6O2S. The van der Waals surface area contributed by atoms with Crippen LogP contribution in [0.1, 0.15) is 5.56 Å². The van der Waals surface area contributed by atoms with Gasteiger partial charge in [0, 0.05) is 23.9 Å². The number of rotatable bonds is 5. The third-order valence-electron chi connectivity index (χ3n) is 5.91. The Bertz CT molecular complexity index is 1680. The summed E-state index contributed by atoms with van der Waals surface area (Å²) in [6.07, 6.45) is 1.73. The lowest BCUT2D eigenvalue weighted by molar-refractivity contribution is 0.580. The van der Waals surface area contributed by atoms with E-state index >= 15 is 0 Å². The van der Waals surface area contributed by atoms with Crippen molar-refractivity contribution in [1.29, 1.82) is 0 Å². The molecule has 0 saturated carbocycles. The fraction of sp³-hybridized carbons (Fsp3) is 0.0385. The van der Waals surface area contributed by atoms with E-state index in [0.29, 0.717) is 17.5 Å². The topological polar surface area (TPSA) is 102 Å². The van der Waals surface area contributed by atoms with Crippen molar-refractivity contribution in [3.05, 3.63) is 103 Å². The molecule has 0 saturated heterocycles. The summed E-state index contributed by atoms with van der Waals surface area (Å²) in [6.45, 7) is 0.0853. The van der Waals surface area contributed by atoms with Gasteiger partial charge in [0.2, 0.25) is 10.0 Å². The van der Waals surface area contributed by atoms with Gasteiger partial charge in [-0.15, -0.1) is 10.2 Å².